The number of hydrogen-bond acceptors (Lipinski definition) is 1. The Hall–Kier alpha value is -1.67. The van der Waals surface area contributed by atoms with Crippen molar-refractivity contribution in [1.29, 1.82) is 0 Å². The number of halogens is 1. The predicted octanol–water partition coefficient (Wildman–Crippen LogP) is 4.45. The highest BCUT2D eigenvalue weighted by Crippen LogP contribution is 2.34. The Bertz CT molecular complexity index is 618. The molecule has 0 heterocycles. The quantitative estimate of drug-likeness (QED) is 0.870. The van der Waals surface area contributed by atoms with E-state index in [9.17, 15) is 4.39 Å². The van der Waals surface area contributed by atoms with Gasteiger partial charge in [-0.1, -0.05) is 12.1 Å². The Balaban J connectivity index is 2.74. The highest BCUT2D eigenvalue weighted by Gasteiger charge is 2.14. The van der Waals surface area contributed by atoms with Crippen LogP contribution in [0.1, 0.15) is 27.8 Å². The smallest absolute Gasteiger partial charge is 0.123 e. The Labute approximate surface area is 120 Å². The molecule has 0 radical (unpaired) electrons. The summed E-state index contributed by atoms with van der Waals surface area (Å²) in [6, 6.07) is 7.29. The van der Waals surface area contributed by atoms with Gasteiger partial charge in [0.15, 0.2) is 0 Å². The zero-order valence-electron chi connectivity index (χ0n) is 12.9. The third-order valence-corrected chi connectivity index (χ3v) is 4.07. The largest absolute Gasteiger partial charge is 0.316 e. The van der Waals surface area contributed by atoms with Crippen LogP contribution >= 0.6 is 0 Å². The SMILES string of the molecule is CNCc1cc(F)ccc1-c1c(C)c(C)cc(C)c1C. The molecule has 0 fully saturated rings. The lowest BCUT2D eigenvalue weighted by molar-refractivity contribution is 0.624. The van der Waals surface area contributed by atoms with Gasteiger partial charge in [-0.25, -0.2) is 4.39 Å². The minimum absolute atomic E-state index is 0.182. The van der Waals surface area contributed by atoms with Gasteiger partial charge >= 0.3 is 0 Å². The van der Waals surface area contributed by atoms with Crippen molar-refractivity contribution >= 4 is 0 Å². The second-order valence-corrected chi connectivity index (χ2v) is 5.47. The maximum Gasteiger partial charge on any atom is 0.123 e. The molecule has 1 nitrogen and oxygen atoms in total. The fourth-order valence-corrected chi connectivity index (χ4v) is 2.76. The molecule has 0 aliphatic rings. The number of benzene rings is 2. The van der Waals surface area contributed by atoms with Gasteiger partial charge in [0.05, 0.1) is 0 Å². The van der Waals surface area contributed by atoms with Gasteiger partial charge in [-0.05, 0) is 85.8 Å². The average Bonchev–Trinajstić information content (AvgIpc) is 2.39. The molecule has 0 aliphatic heterocycles. The van der Waals surface area contributed by atoms with Crippen molar-refractivity contribution in [1.82, 2.24) is 5.32 Å². The van der Waals surface area contributed by atoms with Gasteiger partial charge in [-0.2, -0.15) is 0 Å². The standard InChI is InChI=1S/C18H22FN/c1-11-8-12(2)14(4)18(13(11)3)17-7-6-16(19)9-15(17)10-20-5/h6-9,20H,10H2,1-5H3. The Morgan fingerprint density at radius 1 is 0.950 bits per heavy atom. The summed E-state index contributed by atoms with van der Waals surface area (Å²) in [5.41, 5.74) is 8.48. The Kier molecular flexibility index (Phi) is 4.24. The van der Waals surface area contributed by atoms with Crippen molar-refractivity contribution < 1.29 is 4.39 Å². The van der Waals surface area contributed by atoms with E-state index < -0.39 is 0 Å². The number of aryl methyl sites for hydroxylation is 2. The van der Waals surface area contributed by atoms with Gasteiger partial charge in [0.1, 0.15) is 5.82 Å². The first kappa shape index (κ1) is 14.7. The van der Waals surface area contributed by atoms with E-state index in [1.807, 2.05) is 13.1 Å². The lowest BCUT2D eigenvalue weighted by Gasteiger charge is -2.18. The minimum atomic E-state index is -0.182. The monoisotopic (exact) mass is 271 g/mol. The molecule has 2 heteroatoms. The molecule has 0 spiro atoms. The van der Waals surface area contributed by atoms with Crippen LogP contribution in [0.2, 0.25) is 0 Å². The lowest BCUT2D eigenvalue weighted by Crippen LogP contribution is -2.08. The molecule has 0 unspecified atom stereocenters. The molecule has 0 aromatic heterocycles. The summed E-state index contributed by atoms with van der Waals surface area (Å²) >= 11 is 0. The molecule has 0 amide bonds. The third kappa shape index (κ3) is 2.61. The highest BCUT2D eigenvalue weighted by atomic mass is 19.1. The topological polar surface area (TPSA) is 12.0 Å². The summed E-state index contributed by atoms with van der Waals surface area (Å²) in [7, 11) is 1.88. The van der Waals surface area contributed by atoms with Crippen LogP contribution in [0.15, 0.2) is 24.3 Å². The van der Waals surface area contributed by atoms with E-state index in [1.165, 1.54) is 27.8 Å². The molecule has 2 aromatic rings. The molecule has 2 rings (SSSR count). The first-order valence-corrected chi connectivity index (χ1v) is 6.96. The zero-order valence-corrected chi connectivity index (χ0v) is 12.9. The van der Waals surface area contributed by atoms with E-state index in [-0.39, 0.29) is 5.82 Å². The van der Waals surface area contributed by atoms with Crippen molar-refractivity contribution in [2.75, 3.05) is 7.05 Å². The molecule has 0 atom stereocenters. The van der Waals surface area contributed by atoms with Gasteiger partial charge in [0, 0.05) is 6.54 Å². The fourth-order valence-electron chi connectivity index (χ4n) is 2.76. The summed E-state index contributed by atoms with van der Waals surface area (Å²) in [4.78, 5) is 0. The molecule has 1 N–H and O–H groups in total. The number of nitrogens with one attached hydrogen (secondary N) is 1. The summed E-state index contributed by atoms with van der Waals surface area (Å²) in [5, 5.41) is 3.12. The maximum absolute atomic E-state index is 13.5. The summed E-state index contributed by atoms with van der Waals surface area (Å²) in [6.07, 6.45) is 0. The Morgan fingerprint density at radius 2 is 1.55 bits per heavy atom. The summed E-state index contributed by atoms with van der Waals surface area (Å²) in [6.45, 7) is 9.21. The van der Waals surface area contributed by atoms with E-state index in [0.717, 1.165) is 11.1 Å². The molecule has 0 aliphatic carbocycles. The van der Waals surface area contributed by atoms with Crippen molar-refractivity contribution in [3.8, 4) is 11.1 Å². The van der Waals surface area contributed by atoms with Crippen LogP contribution in [-0.2, 0) is 6.54 Å². The van der Waals surface area contributed by atoms with Crippen LogP contribution in [-0.4, -0.2) is 7.05 Å². The Morgan fingerprint density at radius 3 is 2.10 bits per heavy atom. The fraction of sp³-hybridized carbons (Fsp3) is 0.333. The molecule has 20 heavy (non-hydrogen) atoms. The van der Waals surface area contributed by atoms with Crippen LogP contribution in [0, 0.1) is 33.5 Å². The first-order valence-electron chi connectivity index (χ1n) is 6.96. The first-order chi connectivity index (χ1) is 9.45. The van der Waals surface area contributed by atoms with Crippen molar-refractivity contribution in [3.63, 3.8) is 0 Å². The lowest BCUT2D eigenvalue weighted by atomic mass is 9.87. The van der Waals surface area contributed by atoms with Crippen LogP contribution in [0.3, 0.4) is 0 Å². The molecular formula is C18H22FN. The molecule has 2 aromatic carbocycles. The van der Waals surface area contributed by atoms with Crippen LogP contribution in [0.4, 0.5) is 4.39 Å². The summed E-state index contributed by atoms with van der Waals surface area (Å²) < 4.78 is 13.5. The highest BCUT2D eigenvalue weighted by molar-refractivity contribution is 5.76. The van der Waals surface area contributed by atoms with Crippen LogP contribution < -0.4 is 5.32 Å². The van der Waals surface area contributed by atoms with Crippen molar-refractivity contribution in [2.45, 2.75) is 34.2 Å². The van der Waals surface area contributed by atoms with Crippen molar-refractivity contribution in [3.05, 3.63) is 57.9 Å². The normalized spacial score (nSPS) is 10.9. The second-order valence-electron chi connectivity index (χ2n) is 5.47. The summed E-state index contributed by atoms with van der Waals surface area (Å²) in [5.74, 6) is -0.182. The van der Waals surface area contributed by atoms with Crippen molar-refractivity contribution in [2.24, 2.45) is 0 Å². The third-order valence-electron chi connectivity index (χ3n) is 4.07. The number of rotatable bonds is 3. The average molecular weight is 271 g/mol. The van der Waals surface area contributed by atoms with Gasteiger partial charge < -0.3 is 5.32 Å². The van der Waals surface area contributed by atoms with Crippen LogP contribution in [0.25, 0.3) is 11.1 Å². The molecular weight excluding hydrogens is 249 g/mol. The van der Waals surface area contributed by atoms with Gasteiger partial charge in [-0.3, -0.25) is 0 Å². The molecule has 0 saturated heterocycles. The second kappa shape index (κ2) is 5.76. The predicted molar refractivity (Wildman–Crippen MR) is 83.5 cm³/mol. The molecule has 0 saturated carbocycles. The van der Waals surface area contributed by atoms with Gasteiger partial charge in [0.25, 0.3) is 0 Å². The van der Waals surface area contributed by atoms with Gasteiger partial charge in [-0.15, -0.1) is 0 Å². The number of hydrogen-bond donors (Lipinski definition) is 1. The van der Waals surface area contributed by atoms with E-state index in [4.69, 9.17) is 0 Å². The van der Waals surface area contributed by atoms with E-state index >= 15 is 0 Å². The molecule has 0 bridgehead atoms. The molecule has 106 valence electrons. The van der Waals surface area contributed by atoms with Gasteiger partial charge in [0.2, 0.25) is 0 Å². The maximum atomic E-state index is 13.5. The van der Waals surface area contributed by atoms with E-state index in [0.29, 0.717) is 6.54 Å². The zero-order chi connectivity index (χ0) is 14.9. The van der Waals surface area contributed by atoms with E-state index in [2.05, 4.69) is 39.1 Å². The van der Waals surface area contributed by atoms with E-state index in [1.54, 1.807) is 12.1 Å². The minimum Gasteiger partial charge on any atom is -0.316 e. The van der Waals surface area contributed by atoms with Crippen LogP contribution in [0.5, 0.6) is 0 Å².